The molecule has 0 aliphatic carbocycles. The van der Waals surface area contributed by atoms with Gasteiger partial charge in [-0.05, 0) is 19.8 Å². The summed E-state index contributed by atoms with van der Waals surface area (Å²) in [5.74, 6) is -0.158. The van der Waals surface area contributed by atoms with E-state index in [2.05, 4.69) is 10.4 Å². The molecule has 0 bridgehead atoms. The molecule has 20 heavy (non-hydrogen) atoms. The summed E-state index contributed by atoms with van der Waals surface area (Å²) < 4.78 is 1.47. The van der Waals surface area contributed by atoms with Gasteiger partial charge in [0.05, 0.1) is 11.5 Å². The average Bonchev–Trinajstić information content (AvgIpc) is 2.68. The maximum Gasteiger partial charge on any atom is 0.312 e. The molecule has 1 aromatic heterocycles. The van der Waals surface area contributed by atoms with E-state index in [1.807, 2.05) is 6.92 Å². The quantitative estimate of drug-likeness (QED) is 0.561. The largest absolute Gasteiger partial charge is 0.396 e. The molecule has 0 fully saturated rings. The number of aliphatic hydroxyl groups excluding tert-OH is 1. The Bertz CT molecular complexity index is 498. The van der Waals surface area contributed by atoms with E-state index in [4.69, 9.17) is 5.11 Å². The van der Waals surface area contributed by atoms with E-state index in [-0.39, 0.29) is 30.5 Å². The third-order valence-corrected chi connectivity index (χ3v) is 3.04. The molecular formula is C12H20N4O4. The molecule has 1 amide bonds. The Morgan fingerprint density at radius 2 is 2.20 bits per heavy atom. The first-order valence-corrected chi connectivity index (χ1v) is 6.42. The number of aliphatic hydroxyl groups is 1. The first-order chi connectivity index (χ1) is 9.36. The summed E-state index contributed by atoms with van der Waals surface area (Å²) in [6.07, 6.45) is 0.192. The molecule has 0 saturated carbocycles. The van der Waals surface area contributed by atoms with Crippen LogP contribution < -0.4 is 5.32 Å². The third kappa shape index (κ3) is 4.02. The number of nitro groups is 1. The van der Waals surface area contributed by atoms with Gasteiger partial charge in [0.1, 0.15) is 11.4 Å². The summed E-state index contributed by atoms with van der Waals surface area (Å²) in [5.41, 5.74) is 0.796. The maximum absolute atomic E-state index is 11.6. The van der Waals surface area contributed by atoms with Crippen LogP contribution in [0.2, 0.25) is 0 Å². The predicted octanol–water partition coefficient (Wildman–Crippen LogP) is 0.543. The third-order valence-electron chi connectivity index (χ3n) is 3.04. The Morgan fingerprint density at radius 1 is 1.55 bits per heavy atom. The lowest BCUT2D eigenvalue weighted by Crippen LogP contribution is -2.30. The van der Waals surface area contributed by atoms with Crippen molar-refractivity contribution >= 4 is 11.6 Å². The molecule has 112 valence electrons. The Balaban J connectivity index is 2.56. The van der Waals surface area contributed by atoms with Crippen molar-refractivity contribution in [3.05, 3.63) is 21.5 Å². The molecule has 1 aromatic rings. The number of aryl methyl sites for hydroxylation is 2. The molecule has 1 atom stereocenters. The fourth-order valence-corrected chi connectivity index (χ4v) is 1.82. The minimum atomic E-state index is -0.461. The van der Waals surface area contributed by atoms with Crippen molar-refractivity contribution in [3.63, 3.8) is 0 Å². The van der Waals surface area contributed by atoms with E-state index in [1.165, 1.54) is 4.68 Å². The van der Waals surface area contributed by atoms with Crippen LogP contribution in [-0.4, -0.2) is 38.9 Å². The van der Waals surface area contributed by atoms with Gasteiger partial charge >= 0.3 is 5.69 Å². The summed E-state index contributed by atoms with van der Waals surface area (Å²) in [6.45, 7) is 5.73. The number of rotatable bonds is 7. The molecule has 8 heteroatoms. The first kappa shape index (κ1) is 16.1. The summed E-state index contributed by atoms with van der Waals surface area (Å²) in [6, 6.07) is 0. The van der Waals surface area contributed by atoms with E-state index in [0.29, 0.717) is 24.5 Å². The number of aromatic nitrogens is 2. The van der Waals surface area contributed by atoms with Gasteiger partial charge < -0.3 is 10.4 Å². The number of hydrogen-bond donors (Lipinski definition) is 2. The molecule has 0 aromatic carbocycles. The average molecular weight is 284 g/mol. The predicted molar refractivity (Wildman–Crippen MR) is 72.2 cm³/mol. The van der Waals surface area contributed by atoms with Crippen molar-refractivity contribution in [2.45, 2.75) is 33.7 Å². The molecule has 0 aliphatic rings. The first-order valence-electron chi connectivity index (χ1n) is 6.42. The van der Waals surface area contributed by atoms with Gasteiger partial charge in [0.25, 0.3) is 0 Å². The van der Waals surface area contributed by atoms with Gasteiger partial charge in [0.15, 0.2) is 0 Å². The molecule has 0 aliphatic heterocycles. The summed E-state index contributed by atoms with van der Waals surface area (Å²) >= 11 is 0. The Labute approximate surface area is 116 Å². The van der Waals surface area contributed by atoms with Crippen LogP contribution in [0.25, 0.3) is 0 Å². The highest BCUT2D eigenvalue weighted by Crippen LogP contribution is 2.21. The highest BCUT2D eigenvalue weighted by molar-refractivity contribution is 5.75. The number of hydrogen-bond acceptors (Lipinski definition) is 5. The standard InChI is InChI=1S/C12H20N4O4/c1-8(7-17)6-13-11(18)4-5-15-10(3)12(16(19)20)9(2)14-15/h8,17H,4-7H2,1-3H3,(H,13,18). The fraction of sp³-hybridized carbons (Fsp3) is 0.667. The van der Waals surface area contributed by atoms with Gasteiger partial charge in [-0.15, -0.1) is 0 Å². The second kappa shape index (κ2) is 6.99. The Morgan fingerprint density at radius 3 is 2.70 bits per heavy atom. The minimum Gasteiger partial charge on any atom is -0.396 e. The highest BCUT2D eigenvalue weighted by atomic mass is 16.6. The Kier molecular flexibility index (Phi) is 5.63. The van der Waals surface area contributed by atoms with E-state index >= 15 is 0 Å². The van der Waals surface area contributed by atoms with Crippen LogP contribution in [0.15, 0.2) is 0 Å². The van der Waals surface area contributed by atoms with Crippen molar-refractivity contribution in [1.29, 1.82) is 0 Å². The van der Waals surface area contributed by atoms with Crippen molar-refractivity contribution in [3.8, 4) is 0 Å². The molecule has 1 heterocycles. The van der Waals surface area contributed by atoms with E-state index < -0.39 is 4.92 Å². The zero-order valence-corrected chi connectivity index (χ0v) is 11.9. The van der Waals surface area contributed by atoms with Crippen LogP contribution in [0, 0.1) is 29.9 Å². The molecule has 0 spiro atoms. The number of carbonyl (C=O) groups excluding carboxylic acids is 1. The van der Waals surface area contributed by atoms with E-state index in [1.54, 1.807) is 13.8 Å². The van der Waals surface area contributed by atoms with Crippen LogP contribution in [0.3, 0.4) is 0 Å². The van der Waals surface area contributed by atoms with Gasteiger partial charge in [-0.1, -0.05) is 6.92 Å². The van der Waals surface area contributed by atoms with Crippen molar-refractivity contribution in [1.82, 2.24) is 15.1 Å². The number of carbonyl (C=O) groups is 1. The minimum absolute atomic E-state index is 0.000638. The van der Waals surface area contributed by atoms with Gasteiger partial charge in [-0.25, -0.2) is 0 Å². The van der Waals surface area contributed by atoms with E-state index in [0.717, 1.165) is 0 Å². The second-order valence-electron chi connectivity index (χ2n) is 4.84. The molecule has 1 rings (SSSR count). The zero-order valence-electron chi connectivity index (χ0n) is 11.9. The van der Waals surface area contributed by atoms with Crippen LogP contribution in [-0.2, 0) is 11.3 Å². The van der Waals surface area contributed by atoms with Crippen LogP contribution >= 0.6 is 0 Å². The van der Waals surface area contributed by atoms with Gasteiger partial charge in [-0.3, -0.25) is 19.6 Å². The van der Waals surface area contributed by atoms with Crippen LogP contribution in [0.1, 0.15) is 24.7 Å². The van der Waals surface area contributed by atoms with E-state index in [9.17, 15) is 14.9 Å². The molecule has 2 N–H and O–H groups in total. The number of amides is 1. The lowest BCUT2D eigenvalue weighted by Gasteiger charge is -2.09. The lowest BCUT2D eigenvalue weighted by molar-refractivity contribution is -0.386. The monoisotopic (exact) mass is 284 g/mol. The van der Waals surface area contributed by atoms with Gasteiger partial charge in [0, 0.05) is 19.6 Å². The Hall–Kier alpha value is -1.96. The SMILES string of the molecule is Cc1nn(CCC(=O)NCC(C)CO)c(C)c1[N+](=O)[O-]. The molecule has 8 nitrogen and oxygen atoms in total. The van der Waals surface area contributed by atoms with Gasteiger partial charge in [-0.2, -0.15) is 5.10 Å². The fourth-order valence-electron chi connectivity index (χ4n) is 1.82. The second-order valence-corrected chi connectivity index (χ2v) is 4.84. The molecular weight excluding hydrogens is 264 g/mol. The molecule has 1 unspecified atom stereocenters. The topological polar surface area (TPSA) is 110 Å². The molecule has 0 saturated heterocycles. The van der Waals surface area contributed by atoms with Crippen molar-refractivity contribution in [2.24, 2.45) is 5.92 Å². The maximum atomic E-state index is 11.6. The lowest BCUT2D eigenvalue weighted by atomic mass is 10.2. The van der Waals surface area contributed by atoms with Crippen LogP contribution in [0.4, 0.5) is 5.69 Å². The summed E-state index contributed by atoms with van der Waals surface area (Å²) in [5, 5.41) is 26.5. The number of nitrogens with one attached hydrogen (secondary N) is 1. The molecule has 0 radical (unpaired) electrons. The van der Waals surface area contributed by atoms with Crippen molar-refractivity contribution < 1.29 is 14.8 Å². The number of nitrogens with zero attached hydrogens (tertiary/aromatic N) is 3. The highest BCUT2D eigenvalue weighted by Gasteiger charge is 2.21. The normalized spacial score (nSPS) is 12.2. The smallest absolute Gasteiger partial charge is 0.312 e. The summed E-state index contributed by atoms with van der Waals surface area (Å²) in [7, 11) is 0. The summed E-state index contributed by atoms with van der Waals surface area (Å²) in [4.78, 5) is 22.0. The van der Waals surface area contributed by atoms with Gasteiger partial charge in [0.2, 0.25) is 5.91 Å². The van der Waals surface area contributed by atoms with Crippen molar-refractivity contribution in [2.75, 3.05) is 13.2 Å². The van der Waals surface area contributed by atoms with Crippen LogP contribution in [0.5, 0.6) is 0 Å². The zero-order chi connectivity index (χ0) is 15.3.